The van der Waals surface area contributed by atoms with Crippen LogP contribution in [0.25, 0.3) is 5.69 Å². The maximum atomic E-state index is 14.2. The van der Waals surface area contributed by atoms with E-state index in [0.717, 1.165) is 4.57 Å². The van der Waals surface area contributed by atoms with Gasteiger partial charge in [0.1, 0.15) is 11.4 Å². The first-order valence-electron chi connectivity index (χ1n) is 8.14. The highest BCUT2D eigenvalue weighted by Gasteiger charge is 2.68. The zero-order valence-electron chi connectivity index (χ0n) is 14.3. The van der Waals surface area contributed by atoms with E-state index in [1.54, 1.807) is 18.2 Å². The molecular weight excluding hydrogens is 393 g/mol. The van der Waals surface area contributed by atoms with Crippen LogP contribution in [-0.2, 0) is 10.3 Å². The summed E-state index contributed by atoms with van der Waals surface area (Å²) in [6.07, 6.45) is -2.93. The van der Waals surface area contributed by atoms with Crippen molar-refractivity contribution < 1.29 is 18.0 Å². The third-order valence-electron chi connectivity index (χ3n) is 4.36. The van der Waals surface area contributed by atoms with E-state index in [4.69, 9.17) is 0 Å². The van der Waals surface area contributed by atoms with Crippen LogP contribution in [0.5, 0.6) is 0 Å². The number of benzene rings is 1. The van der Waals surface area contributed by atoms with Gasteiger partial charge in [-0.05, 0) is 18.2 Å². The molecule has 0 aliphatic carbocycles. The molecule has 3 heterocycles. The lowest BCUT2D eigenvalue weighted by Gasteiger charge is -2.29. The first kappa shape index (κ1) is 18.4. The van der Waals surface area contributed by atoms with Crippen LogP contribution in [0.15, 0.2) is 58.4 Å². The Morgan fingerprint density at radius 3 is 2.28 bits per heavy atom. The molecule has 3 N–H and O–H groups in total. The quantitative estimate of drug-likeness (QED) is 0.602. The molecule has 0 bridgehead atoms. The molecule has 0 saturated heterocycles. The monoisotopic (exact) mass is 404 g/mol. The van der Waals surface area contributed by atoms with Crippen molar-refractivity contribution in [2.24, 2.45) is 0 Å². The number of nitrogens with zero attached hydrogens (tertiary/aromatic N) is 3. The van der Waals surface area contributed by atoms with Crippen molar-refractivity contribution in [2.45, 2.75) is 11.7 Å². The second-order valence-corrected chi connectivity index (χ2v) is 6.05. The molecule has 1 aromatic carbocycles. The Morgan fingerprint density at radius 1 is 1.00 bits per heavy atom. The lowest BCUT2D eigenvalue weighted by molar-refractivity contribution is -0.184. The molecule has 1 aliphatic heterocycles. The fourth-order valence-corrected chi connectivity index (χ4v) is 3.13. The molecule has 1 aliphatic rings. The van der Waals surface area contributed by atoms with E-state index < -0.39 is 46.2 Å². The summed E-state index contributed by atoms with van der Waals surface area (Å²) in [4.78, 5) is 46.6. The van der Waals surface area contributed by atoms with E-state index in [1.807, 2.05) is 15.6 Å². The van der Waals surface area contributed by atoms with Crippen LogP contribution in [0.1, 0.15) is 5.56 Å². The van der Waals surface area contributed by atoms with Gasteiger partial charge in [-0.1, -0.05) is 18.2 Å². The third-order valence-corrected chi connectivity index (χ3v) is 4.36. The number of rotatable bonds is 3. The molecule has 1 amide bonds. The minimum Gasteiger partial charge on any atom is -0.328 e. The molecule has 0 spiro atoms. The minimum atomic E-state index is -5.27. The molecular formula is C17H11F3N6O3. The average molecular weight is 404 g/mol. The van der Waals surface area contributed by atoms with Gasteiger partial charge in [0, 0.05) is 12.4 Å². The molecule has 12 heteroatoms. The Morgan fingerprint density at radius 2 is 1.66 bits per heavy atom. The van der Waals surface area contributed by atoms with Gasteiger partial charge in [0.25, 0.3) is 17.0 Å². The number of nitrogens with one attached hydrogen (secondary N) is 3. The summed E-state index contributed by atoms with van der Waals surface area (Å²) < 4.78 is 43.5. The Labute approximate surface area is 159 Å². The number of H-pyrrole nitrogens is 1. The van der Waals surface area contributed by atoms with Gasteiger partial charge in [0.05, 0.1) is 5.69 Å². The number of alkyl halides is 3. The highest BCUT2D eigenvalue weighted by atomic mass is 19.4. The van der Waals surface area contributed by atoms with Gasteiger partial charge in [-0.25, -0.2) is 19.3 Å². The Hall–Kier alpha value is -3.96. The largest absolute Gasteiger partial charge is 0.425 e. The summed E-state index contributed by atoms with van der Waals surface area (Å²) >= 11 is 0. The van der Waals surface area contributed by atoms with Crippen molar-refractivity contribution in [3.8, 4) is 5.69 Å². The predicted octanol–water partition coefficient (Wildman–Crippen LogP) is 1.14. The first-order chi connectivity index (χ1) is 13.8. The van der Waals surface area contributed by atoms with E-state index in [-0.39, 0.29) is 5.69 Å². The number of carbonyl (C=O) groups excluding carboxylic acids is 1. The number of carbonyl (C=O) groups is 1. The molecule has 3 aromatic rings. The lowest BCUT2D eigenvalue weighted by Crippen LogP contribution is -2.56. The maximum Gasteiger partial charge on any atom is 0.425 e. The van der Waals surface area contributed by atoms with Crippen molar-refractivity contribution in [1.82, 2.24) is 19.5 Å². The number of fused-ring (bicyclic) bond motifs is 1. The smallest absolute Gasteiger partial charge is 0.328 e. The molecule has 9 nitrogen and oxygen atoms in total. The number of aromatic nitrogens is 4. The van der Waals surface area contributed by atoms with Crippen molar-refractivity contribution >= 4 is 17.7 Å². The van der Waals surface area contributed by atoms with Gasteiger partial charge in [-0.15, -0.1) is 0 Å². The lowest BCUT2D eigenvalue weighted by atomic mass is 9.92. The minimum absolute atomic E-state index is 0.152. The maximum absolute atomic E-state index is 14.2. The number of halogens is 3. The summed E-state index contributed by atoms with van der Waals surface area (Å²) in [5.74, 6) is -2.70. The highest BCUT2D eigenvalue weighted by molar-refractivity contribution is 6.07. The van der Waals surface area contributed by atoms with Crippen LogP contribution in [0.2, 0.25) is 0 Å². The fraction of sp³-hybridized carbons (Fsp3) is 0.118. The zero-order valence-corrected chi connectivity index (χ0v) is 14.3. The van der Waals surface area contributed by atoms with Gasteiger partial charge in [0.15, 0.2) is 0 Å². The van der Waals surface area contributed by atoms with Gasteiger partial charge in [-0.3, -0.25) is 14.6 Å². The van der Waals surface area contributed by atoms with Gasteiger partial charge in [-0.2, -0.15) is 13.2 Å². The van der Waals surface area contributed by atoms with Gasteiger partial charge < -0.3 is 10.6 Å². The van der Waals surface area contributed by atoms with Crippen molar-refractivity contribution in [3.05, 3.63) is 75.2 Å². The third kappa shape index (κ3) is 2.68. The summed E-state index contributed by atoms with van der Waals surface area (Å²) in [7, 11) is 0. The second kappa shape index (κ2) is 6.29. The summed E-state index contributed by atoms with van der Waals surface area (Å²) in [5, 5.41) is 3.97. The van der Waals surface area contributed by atoms with E-state index in [1.165, 1.54) is 30.6 Å². The second-order valence-electron chi connectivity index (χ2n) is 6.05. The Kier molecular flexibility index (Phi) is 3.99. The SMILES string of the molecule is O=C1Nc2c(c(=O)[nH]c(=O)n2-c2ccccc2)[C@@]1(Nc1ncccn1)C(F)(F)F. The average Bonchev–Trinajstić information content (AvgIpc) is 2.97. The van der Waals surface area contributed by atoms with Crippen LogP contribution >= 0.6 is 0 Å². The summed E-state index contributed by atoms with van der Waals surface area (Å²) in [5.41, 5.74) is -6.72. The van der Waals surface area contributed by atoms with Crippen LogP contribution < -0.4 is 21.9 Å². The number of amides is 1. The normalized spacial score (nSPS) is 18.2. The molecule has 4 rings (SSSR count). The van der Waals surface area contributed by atoms with Crippen LogP contribution in [-0.4, -0.2) is 31.6 Å². The molecule has 0 unspecified atom stereocenters. The van der Waals surface area contributed by atoms with Crippen LogP contribution in [0.3, 0.4) is 0 Å². The summed E-state index contributed by atoms with van der Waals surface area (Å²) in [6.45, 7) is 0. The van der Waals surface area contributed by atoms with Crippen molar-refractivity contribution in [1.29, 1.82) is 0 Å². The first-order valence-corrected chi connectivity index (χ1v) is 8.14. The zero-order chi connectivity index (χ0) is 20.8. The number of anilines is 2. The van der Waals surface area contributed by atoms with E-state index in [0.29, 0.717) is 0 Å². The van der Waals surface area contributed by atoms with Gasteiger partial charge in [0.2, 0.25) is 5.95 Å². The number of para-hydroxylation sites is 1. The molecule has 0 radical (unpaired) electrons. The molecule has 148 valence electrons. The standard InChI is InChI=1S/C17H11F3N6O3/c18-17(19,20)16(25-14-21-7-4-8-22-14)10-11(23-13(16)28)26(15(29)24-12(10)27)9-5-2-1-3-6-9/h1-8H,(H,23,28)(H,21,22,25)(H,24,27,29)/t16-/m0/s1. The van der Waals surface area contributed by atoms with E-state index in [2.05, 4.69) is 9.97 Å². The van der Waals surface area contributed by atoms with Crippen molar-refractivity contribution in [2.75, 3.05) is 10.6 Å². The number of hydrogen-bond donors (Lipinski definition) is 3. The number of hydrogen-bond acceptors (Lipinski definition) is 6. The van der Waals surface area contributed by atoms with Crippen molar-refractivity contribution in [3.63, 3.8) is 0 Å². The fourth-order valence-electron chi connectivity index (χ4n) is 3.13. The Bertz CT molecular complexity index is 1210. The molecule has 1 atom stereocenters. The van der Waals surface area contributed by atoms with Gasteiger partial charge >= 0.3 is 11.9 Å². The van der Waals surface area contributed by atoms with E-state index >= 15 is 0 Å². The number of aromatic amines is 1. The highest BCUT2D eigenvalue weighted by Crippen LogP contribution is 2.46. The van der Waals surface area contributed by atoms with Crippen LogP contribution in [0.4, 0.5) is 24.9 Å². The molecule has 29 heavy (non-hydrogen) atoms. The predicted molar refractivity (Wildman–Crippen MR) is 94.7 cm³/mol. The Balaban J connectivity index is 2.05. The molecule has 0 saturated carbocycles. The van der Waals surface area contributed by atoms with Crippen LogP contribution in [0, 0.1) is 0 Å². The molecule has 2 aromatic heterocycles. The topological polar surface area (TPSA) is 122 Å². The molecule has 0 fully saturated rings. The summed E-state index contributed by atoms with van der Waals surface area (Å²) in [6, 6.07) is 8.97. The van der Waals surface area contributed by atoms with E-state index in [9.17, 15) is 27.6 Å².